The number of alkyl halides is 3. The van der Waals surface area contributed by atoms with Gasteiger partial charge in [0.2, 0.25) is 0 Å². The highest BCUT2D eigenvalue weighted by molar-refractivity contribution is 7.99. The van der Waals surface area contributed by atoms with Crippen LogP contribution < -0.4 is 20.3 Å². The molecule has 2 heterocycles. The normalized spacial score (nSPS) is 16.9. The lowest BCUT2D eigenvalue weighted by Crippen LogP contribution is -2.34. The second kappa shape index (κ2) is 19.2. The highest BCUT2D eigenvalue weighted by Crippen LogP contribution is 2.37. The van der Waals surface area contributed by atoms with Crippen molar-refractivity contribution in [1.29, 1.82) is 0 Å². The van der Waals surface area contributed by atoms with E-state index in [0.717, 1.165) is 80.0 Å². The number of hydrogen-bond acceptors (Lipinski definition) is 9. The van der Waals surface area contributed by atoms with E-state index in [-0.39, 0.29) is 17.3 Å². The number of sulfone groups is 1. The molecule has 61 heavy (non-hydrogen) atoms. The lowest BCUT2D eigenvalue weighted by atomic mass is 9.87. The summed E-state index contributed by atoms with van der Waals surface area (Å²) in [6.45, 7) is 2.36. The fourth-order valence-corrected chi connectivity index (χ4v) is 11.0. The summed E-state index contributed by atoms with van der Waals surface area (Å²) in [6.07, 6.45) is 5.08. The number of anilines is 2. The van der Waals surface area contributed by atoms with Crippen LogP contribution in [0.4, 0.5) is 24.5 Å². The molecule has 322 valence electrons. The molecule has 2 atom stereocenters. The topological polar surface area (TPSA) is 125 Å². The molecule has 5 aromatic rings. The molecule has 16 heteroatoms. The van der Waals surface area contributed by atoms with Gasteiger partial charge >= 0.3 is 5.51 Å². The lowest BCUT2D eigenvalue weighted by Gasteiger charge is -2.34. The molecule has 2 fully saturated rings. The smallest absolute Gasteiger partial charge is 0.380 e. The average molecular weight is 912 g/mol. The maximum atomic E-state index is 14.1. The molecule has 7 rings (SSSR count). The lowest BCUT2D eigenvalue weighted by molar-refractivity contribution is -0.0435. The van der Waals surface area contributed by atoms with E-state index >= 15 is 0 Å². The first-order chi connectivity index (χ1) is 29.2. The van der Waals surface area contributed by atoms with Crippen LogP contribution >= 0.6 is 23.4 Å². The van der Waals surface area contributed by atoms with Crippen LogP contribution in [0.2, 0.25) is 5.02 Å². The van der Waals surface area contributed by atoms with Gasteiger partial charge in [-0.2, -0.15) is 13.2 Å². The van der Waals surface area contributed by atoms with Crippen molar-refractivity contribution in [3.05, 3.63) is 137 Å². The standard InChI is InChI=1S/C45H46ClF3N4O5S3/c46-35-16-12-32(13-17-35)41-11-5-4-7-34(41)27-31-22-25-53(26-23-31)38-18-14-33(15-19-38)44(54)52-61(57,58)40-20-21-42(43(29-40)60(55,56)45(47,48)49)51-37(28-36-8-6-24-50-36)30-59-39-9-2-1-3-10-39/h1-5,7,9-21,29,31,36-37,50-51H,6,8,22-28,30H2,(H,52,54)/t36?,37-/m1/s1. The maximum absolute atomic E-state index is 14.1. The molecule has 5 aromatic carbocycles. The van der Waals surface area contributed by atoms with Crippen LogP contribution in [0.1, 0.15) is 48.0 Å². The number of sulfonamides is 1. The van der Waals surface area contributed by atoms with Crippen molar-refractivity contribution >= 4 is 60.5 Å². The Hall–Kier alpha value is -4.54. The van der Waals surface area contributed by atoms with Crippen molar-refractivity contribution < 1.29 is 34.8 Å². The molecule has 1 unspecified atom stereocenters. The summed E-state index contributed by atoms with van der Waals surface area (Å²) in [6, 6.07) is 34.0. The molecule has 0 aliphatic carbocycles. The minimum atomic E-state index is -6.03. The third-order valence-corrected chi connectivity index (χ3v) is 15.4. The van der Waals surface area contributed by atoms with Crippen LogP contribution in [-0.4, -0.2) is 65.7 Å². The molecular formula is C45H46ClF3N4O5S3. The molecule has 3 N–H and O–H groups in total. The van der Waals surface area contributed by atoms with Crippen molar-refractivity contribution in [2.75, 3.05) is 35.6 Å². The number of thioether (sulfide) groups is 1. The summed E-state index contributed by atoms with van der Waals surface area (Å²) in [4.78, 5) is 14.3. The van der Waals surface area contributed by atoms with Gasteiger partial charge in [-0.1, -0.05) is 66.2 Å². The monoisotopic (exact) mass is 910 g/mol. The Morgan fingerprint density at radius 2 is 1.54 bits per heavy atom. The number of amides is 1. The van der Waals surface area contributed by atoms with Gasteiger partial charge in [-0.25, -0.2) is 21.6 Å². The van der Waals surface area contributed by atoms with Gasteiger partial charge in [-0.05, 0) is 134 Å². The van der Waals surface area contributed by atoms with Gasteiger partial charge in [-0.15, -0.1) is 11.8 Å². The van der Waals surface area contributed by atoms with Gasteiger partial charge in [-0.3, -0.25) is 4.79 Å². The van der Waals surface area contributed by atoms with Crippen LogP contribution in [-0.2, 0) is 26.3 Å². The highest BCUT2D eigenvalue weighted by Gasteiger charge is 2.48. The predicted octanol–water partition coefficient (Wildman–Crippen LogP) is 9.59. The first-order valence-corrected chi connectivity index (χ1v) is 24.4. The molecular weight excluding hydrogens is 865 g/mol. The molecule has 0 bridgehead atoms. The molecule has 2 aliphatic heterocycles. The maximum Gasteiger partial charge on any atom is 0.501 e. The van der Waals surface area contributed by atoms with Crippen molar-refractivity contribution in [3.8, 4) is 11.1 Å². The van der Waals surface area contributed by atoms with E-state index in [1.807, 2.05) is 65.4 Å². The number of halogens is 4. The Kier molecular flexibility index (Phi) is 14.0. The third-order valence-electron chi connectivity index (χ3n) is 11.2. The van der Waals surface area contributed by atoms with Crippen molar-refractivity contribution in [2.24, 2.45) is 5.92 Å². The first-order valence-electron chi connectivity index (χ1n) is 20.1. The van der Waals surface area contributed by atoms with Crippen molar-refractivity contribution in [1.82, 2.24) is 10.0 Å². The van der Waals surface area contributed by atoms with Crippen LogP contribution in [0.3, 0.4) is 0 Å². The van der Waals surface area contributed by atoms with Gasteiger partial charge in [0, 0.05) is 52.1 Å². The molecule has 0 aromatic heterocycles. The number of carbonyl (C=O) groups is 1. The number of benzene rings is 5. The summed E-state index contributed by atoms with van der Waals surface area (Å²) in [5.41, 5.74) is -1.68. The van der Waals surface area contributed by atoms with E-state index in [1.54, 1.807) is 12.1 Å². The van der Waals surface area contributed by atoms with E-state index in [4.69, 9.17) is 11.6 Å². The van der Waals surface area contributed by atoms with Crippen LogP contribution in [0.15, 0.2) is 136 Å². The zero-order chi connectivity index (χ0) is 43.2. The van der Waals surface area contributed by atoms with E-state index in [2.05, 4.69) is 33.7 Å². The molecule has 0 saturated carbocycles. The van der Waals surface area contributed by atoms with Crippen molar-refractivity contribution in [3.63, 3.8) is 0 Å². The Balaban J connectivity index is 1.02. The SMILES string of the molecule is O=C(NS(=O)(=O)c1ccc(N[C@@H](CSc2ccccc2)CC2CCCN2)c(S(=O)(=O)C(F)(F)F)c1)c1ccc(N2CCC(Cc3ccccc3-c3ccc(Cl)cc3)CC2)cc1. The number of piperidine rings is 1. The summed E-state index contributed by atoms with van der Waals surface area (Å²) in [7, 11) is -10.9. The number of carbonyl (C=O) groups excluding carboxylic acids is 1. The first kappa shape index (κ1) is 44.5. The van der Waals surface area contributed by atoms with Gasteiger partial charge in [0.25, 0.3) is 25.8 Å². The Morgan fingerprint density at radius 3 is 2.21 bits per heavy atom. The Labute approximate surface area is 364 Å². The van der Waals surface area contributed by atoms with Gasteiger partial charge < -0.3 is 15.5 Å². The largest absolute Gasteiger partial charge is 0.501 e. The minimum Gasteiger partial charge on any atom is -0.380 e. The molecule has 1 amide bonds. The summed E-state index contributed by atoms with van der Waals surface area (Å²) >= 11 is 7.57. The second-order valence-electron chi connectivity index (χ2n) is 15.4. The predicted molar refractivity (Wildman–Crippen MR) is 237 cm³/mol. The molecule has 0 spiro atoms. The molecule has 2 aliphatic rings. The van der Waals surface area contributed by atoms with Gasteiger partial charge in [0.05, 0.1) is 10.6 Å². The molecule has 9 nitrogen and oxygen atoms in total. The van der Waals surface area contributed by atoms with Crippen LogP contribution in [0.25, 0.3) is 11.1 Å². The van der Waals surface area contributed by atoms with Crippen LogP contribution in [0, 0.1) is 5.92 Å². The van der Waals surface area contributed by atoms with Crippen molar-refractivity contribution in [2.45, 2.75) is 70.8 Å². The highest BCUT2D eigenvalue weighted by atomic mass is 35.5. The van der Waals surface area contributed by atoms with E-state index in [0.29, 0.717) is 29.2 Å². The van der Waals surface area contributed by atoms with Crippen LogP contribution in [0.5, 0.6) is 0 Å². The Bertz CT molecular complexity index is 2520. The van der Waals surface area contributed by atoms with Gasteiger partial charge in [0.1, 0.15) is 4.90 Å². The fourth-order valence-electron chi connectivity index (χ4n) is 7.92. The number of nitrogens with one attached hydrogen (secondary N) is 3. The van der Waals surface area contributed by atoms with Gasteiger partial charge in [0.15, 0.2) is 0 Å². The number of hydrogen-bond donors (Lipinski definition) is 3. The van der Waals surface area contributed by atoms with E-state index < -0.39 is 47.1 Å². The molecule has 2 saturated heterocycles. The quantitative estimate of drug-likeness (QED) is 0.0882. The van der Waals surface area contributed by atoms with E-state index in [9.17, 15) is 34.8 Å². The second-order valence-corrected chi connectivity index (χ2v) is 20.5. The fraction of sp³-hybridized carbons (Fsp3) is 0.311. The third kappa shape index (κ3) is 11.1. The Morgan fingerprint density at radius 1 is 0.852 bits per heavy atom. The number of rotatable bonds is 15. The summed E-state index contributed by atoms with van der Waals surface area (Å²) in [5, 5.41) is 7.05. The number of nitrogens with zero attached hydrogens (tertiary/aromatic N) is 1. The zero-order valence-electron chi connectivity index (χ0n) is 33.1. The zero-order valence-corrected chi connectivity index (χ0v) is 36.3. The minimum absolute atomic E-state index is 0.00159. The van der Waals surface area contributed by atoms with E-state index in [1.165, 1.54) is 35.0 Å². The summed E-state index contributed by atoms with van der Waals surface area (Å²) in [5.74, 6) is -0.165. The summed E-state index contributed by atoms with van der Waals surface area (Å²) < 4.78 is 97.1. The average Bonchev–Trinajstić information content (AvgIpc) is 3.77. The molecule has 0 radical (unpaired) electrons.